The van der Waals surface area contributed by atoms with E-state index in [2.05, 4.69) is 37.6 Å². The molecule has 0 amide bonds. The van der Waals surface area contributed by atoms with Gasteiger partial charge in [0.05, 0.1) is 37.2 Å². The standard InChI is InChI=1S/C25H36FN7O2/c1-35-18-21(26)16-33(12-9-23(17-34)32-25-29-14-19(13-27)15-30-25)11-3-2-6-22-8-7-20-5-4-10-28-24(20)31-22/h7-8,14-15,21,23,34H,2-6,9-12,16-18H2,1H3,(H,28,31)(H,29,30,32)/t21-,23-/m0/s1. The Morgan fingerprint density at radius 1 is 1.29 bits per heavy atom. The molecule has 10 heteroatoms. The highest BCUT2D eigenvalue weighted by Gasteiger charge is 2.17. The number of aliphatic hydroxyl groups is 1. The lowest BCUT2D eigenvalue weighted by Crippen LogP contribution is -2.37. The molecule has 3 heterocycles. The van der Waals surface area contributed by atoms with Gasteiger partial charge in [0.25, 0.3) is 0 Å². The number of hydrogen-bond donors (Lipinski definition) is 3. The van der Waals surface area contributed by atoms with Crippen LogP contribution in [0.1, 0.15) is 42.5 Å². The summed E-state index contributed by atoms with van der Waals surface area (Å²) in [5, 5.41) is 25.1. The van der Waals surface area contributed by atoms with E-state index in [9.17, 15) is 9.50 Å². The van der Waals surface area contributed by atoms with E-state index in [0.29, 0.717) is 24.5 Å². The van der Waals surface area contributed by atoms with Crippen LogP contribution < -0.4 is 10.6 Å². The molecule has 0 saturated heterocycles. The summed E-state index contributed by atoms with van der Waals surface area (Å²) in [5.41, 5.74) is 2.74. The lowest BCUT2D eigenvalue weighted by molar-refractivity contribution is 0.0907. The third-order valence-electron chi connectivity index (χ3n) is 6.04. The zero-order chi connectivity index (χ0) is 24.9. The fourth-order valence-corrected chi connectivity index (χ4v) is 4.15. The van der Waals surface area contributed by atoms with Gasteiger partial charge in [-0.05, 0) is 56.7 Å². The normalized spacial score (nSPS) is 14.6. The Bertz CT molecular complexity index is 938. The van der Waals surface area contributed by atoms with E-state index in [4.69, 9.17) is 15.0 Å². The number of anilines is 2. The summed E-state index contributed by atoms with van der Waals surface area (Å²) in [7, 11) is 1.50. The van der Waals surface area contributed by atoms with Crippen LogP contribution in [0, 0.1) is 11.3 Å². The van der Waals surface area contributed by atoms with Gasteiger partial charge in [0.15, 0.2) is 0 Å². The average Bonchev–Trinajstić information content (AvgIpc) is 2.89. The molecule has 0 bridgehead atoms. The first-order chi connectivity index (χ1) is 17.1. The average molecular weight is 486 g/mol. The molecule has 9 nitrogen and oxygen atoms in total. The maximum atomic E-state index is 14.3. The number of methoxy groups -OCH3 is 1. The number of pyridine rings is 1. The van der Waals surface area contributed by atoms with Crippen molar-refractivity contribution in [2.24, 2.45) is 0 Å². The first-order valence-corrected chi connectivity index (χ1v) is 12.3. The fourth-order valence-electron chi connectivity index (χ4n) is 4.15. The summed E-state index contributed by atoms with van der Waals surface area (Å²) in [6.45, 7) is 2.57. The Balaban J connectivity index is 1.47. The number of ether oxygens (including phenoxy) is 1. The number of nitrogens with zero attached hydrogens (tertiary/aromatic N) is 5. The molecule has 0 aliphatic carbocycles. The Morgan fingerprint density at radius 2 is 2.11 bits per heavy atom. The van der Waals surface area contributed by atoms with Crippen molar-refractivity contribution in [2.75, 3.05) is 57.1 Å². The molecule has 0 radical (unpaired) electrons. The van der Waals surface area contributed by atoms with Crippen molar-refractivity contribution in [1.29, 1.82) is 5.26 Å². The predicted molar refractivity (Wildman–Crippen MR) is 133 cm³/mol. The monoisotopic (exact) mass is 485 g/mol. The molecule has 0 unspecified atom stereocenters. The first kappa shape index (κ1) is 26.7. The van der Waals surface area contributed by atoms with Gasteiger partial charge >= 0.3 is 0 Å². The largest absolute Gasteiger partial charge is 0.394 e. The molecule has 2 aromatic rings. The Morgan fingerprint density at radius 3 is 2.86 bits per heavy atom. The van der Waals surface area contributed by atoms with Gasteiger partial charge < -0.3 is 25.4 Å². The van der Waals surface area contributed by atoms with E-state index in [1.165, 1.54) is 25.1 Å². The van der Waals surface area contributed by atoms with E-state index in [0.717, 1.165) is 56.7 Å². The topological polar surface area (TPSA) is 119 Å². The van der Waals surface area contributed by atoms with Gasteiger partial charge in [-0.25, -0.2) is 19.3 Å². The number of rotatable bonds is 15. The van der Waals surface area contributed by atoms with E-state index in [-0.39, 0.29) is 25.8 Å². The quantitative estimate of drug-likeness (QED) is 0.327. The molecule has 1 aliphatic heterocycles. The number of halogens is 1. The molecule has 0 spiro atoms. The van der Waals surface area contributed by atoms with Crippen molar-refractivity contribution < 1.29 is 14.2 Å². The second kappa shape index (κ2) is 14.5. The van der Waals surface area contributed by atoms with Crippen LogP contribution in [0.15, 0.2) is 24.5 Å². The summed E-state index contributed by atoms with van der Waals surface area (Å²) in [6.07, 6.45) is 7.38. The van der Waals surface area contributed by atoms with Crippen LogP contribution in [0.4, 0.5) is 16.2 Å². The lowest BCUT2D eigenvalue weighted by Gasteiger charge is -2.26. The summed E-state index contributed by atoms with van der Waals surface area (Å²) in [6, 6.07) is 5.99. The summed E-state index contributed by atoms with van der Waals surface area (Å²) < 4.78 is 19.3. The van der Waals surface area contributed by atoms with Crippen molar-refractivity contribution >= 4 is 11.8 Å². The SMILES string of the molecule is COC[C@@H](F)CN(CCCCc1ccc2c(n1)NCCC2)CC[C@@H](CO)Nc1ncc(C#N)cn1. The molecule has 1 aliphatic rings. The van der Waals surface area contributed by atoms with Gasteiger partial charge in [0.1, 0.15) is 18.1 Å². The van der Waals surface area contributed by atoms with Crippen LogP contribution in [0.25, 0.3) is 0 Å². The Kier molecular flexibility index (Phi) is 11.1. The molecule has 0 aromatic carbocycles. The Labute approximate surface area is 206 Å². The summed E-state index contributed by atoms with van der Waals surface area (Å²) in [4.78, 5) is 15.0. The molecular weight excluding hydrogens is 449 g/mol. The predicted octanol–water partition coefficient (Wildman–Crippen LogP) is 2.57. The maximum Gasteiger partial charge on any atom is 0.222 e. The van der Waals surface area contributed by atoms with E-state index in [1.807, 2.05) is 6.07 Å². The third kappa shape index (κ3) is 9.02. The molecule has 0 saturated carbocycles. The number of nitriles is 1. The molecule has 2 aromatic heterocycles. The summed E-state index contributed by atoms with van der Waals surface area (Å²) >= 11 is 0. The zero-order valence-corrected chi connectivity index (χ0v) is 20.4. The minimum atomic E-state index is -1.07. The summed E-state index contributed by atoms with van der Waals surface area (Å²) in [5.74, 6) is 1.37. The van der Waals surface area contributed by atoms with Gasteiger partial charge in [0, 0.05) is 32.4 Å². The second-order valence-corrected chi connectivity index (χ2v) is 8.87. The van der Waals surface area contributed by atoms with Crippen LogP contribution in [0.5, 0.6) is 0 Å². The van der Waals surface area contributed by atoms with Crippen molar-refractivity contribution in [3.63, 3.8) is 0 Å². The number of fused-ring (bicyclic) bond motifs is 1. The molecular formula is C25H36FN7O2. The third-order valence-corrected chi connectivity index (χ3v) is 6.04. The highest BCUT2D eigenvalue weighted by molar-refractivity contribution is 5.47. The van der Waals surface area contributed by atoms with Gasteiger partial charge in [-0.15, -0.1) is 0 Å². The number of hydrogen-bond acceptors (Lipinski definition) is 9. The van der Waals surface area contributed by atoms with Crippen LogP contribution in [-0.2, 0) is 17.6 Å². The number of aromatic nitrogens is 3. The van der Waals surface area contributed by atoms with Crippen LogP contribution in [-0.4, -0.2) is 83.7 Å². The van der Waals surface area contributed by atoms with Crippen molar-refractivity contribution in [3.8, 4) is 6.07 Å². The van der Waals surface area contributed by atoms with E-state index >= 15 is 0 Å². The highest BCUT2D eigenvalue weighted by atomic mass is 19.1. The molecule has 2 atom stereocenters. The minimum Gasteiger partial charge on any atom is -0.394 e. The van der Waals surface area contributed by atoms with Gasteiger partial charge in [-0.2, -0.15) is 5.26 Å². The number of aryl methyl sites for hydroxylation is 2. The van der Waals surface area contributed by atoms with Gasteiger partial charge in [-0.1, -0.05) is 6.07 Å². The molecule has 0 fully saturated rings. The number of unbranched alkanes of at least 4 members (excludes halogenated alkanes) is 1. The first-order valence-electron chi connectivity index (χ1n) is 12.3. The number of alkyl halides is 1. The zero-order valence-electron chi connectivity index (χ0n) is 20.4. The molecule has 35 heavy (non-hydrogen) atoms. The van der Waals surface area contributed by atoms with Crippen LogP contribution >= 0.6 is 0 Å². The Hall–Kier alpha value is -2.87. The van der Waals surface area contributed by atoms with Gasteiger partial charge in [-0.3, -0.25) is 0 Å². The number of nitrogens with one attached hydrogen (secondary N) is 2. The lowest BCUT2D eigenvalue weighted by atomic mass is 10.1. The van der Waals surface area contributed by atoms with Crippen LogP contribution in [0.2, 0.25) is 0 Å². The van der Waals surface area contributed by atoms with E-state index in [1.54, 1.807) is 0 Å². The fraction of sp³-hybridized carbons (Fsp3) is 0.600. The van der Waals surface area contributed by atoms with Crippen LogP contribution in [0.3, 0.4) is 0 Å². The van der Waals surface area contributed by atoms with Crippen molar-refractivity contribution in [1.82, 2.24) is 19.9 Å². The molecule has 3 N–H and O–H groups in total. The maximum absolute atomic E-state index is 14.3. The second-order valence-electron chi connectivity index (χ2n) is 8.87. The van der Waals surface area contributed by atoms with Crippen molar-refractivity contribution in [2.45, 2.75) is 50.7 Å². The van der Waals surface area contributed by atoms with Gasteiger partial charge in [0.2, 0.25) is 5.95 Å². The highest BCUT2D eigenvalue weighted by Crippen LogP contribution is 2.20. The smallest absolute Gasteiger partial charge is 0.222 e. The minimum absolute atomic E-state index is 0.0588. The number of aliphatic hydroxyl groups excluding tert-OH is 1. The molecule has 3 rings (SSSR count). The molecule has 190 valence electrons. The van der Waals surface area contributed by atoms with E-state index < -0.39 is 6.17 Å². The van der Waals surface area contributed by atoms with Crippen molar-refractivity contribution in [3.05, 3.63) is 41.3 Å².